The summed E-state index contributed by atoms with van der Waals surface area (Å²) in [4.78, 5) is 20.5. The summed E-state index contributed by atoms with van der Waals surface area (Å²) in [6.07, 6.45) is 4.58. The van der Waals surface area contributed by atoms with Gasteiger partial charge in [-0.25, -0.2) is 0 Å². The molecule has 4 N–H and O–H groups in total. The Hall–Kier alpha value is -2.32. The standard InChI is InChI=1S/C25H38N6OS/c1-17(2)10-11-19(14-18-15-28-21-9-7-6-8-20(18)21)29-23(32)22(26)33-24(27)31-13-12-30(5)25(3,4)16-31/h6-9,15,17,19,26-28H,10-14,16H2,1-5H3,(H,29,32). The molecule has 1 aromatic heterocycles. The van der Waals surface area contributed by atoms with Crippen LogP contribution in [0.15, 0.2) is 30.5 Å². The number of aromatic nitrogens is 1. The first kappa shape index (κ1) is 25.3. The molecule has 2 aromatic rings. The van der Waals surface area contributed by atoms with Crippen molar-refractivity contribution < 1.29 is 4.79 Å². The van der Waals surface area contributed by atoms with E-state index in [9.17, 15) is 4.79 Å². The predicted molar refractivity (Wildman–Crippen MR) is 139 cm³/mol. The van der Waals surface area contributed by atoms with Gasteiger partial charge in [0.1, 0.15) is 0 Å². The molecule has 1 unspecified atom stereocenters. The predicted octanol–water partition coefficient (Wildman–Crippen LogP) is 4.30. The van der Waals surface area contributed by atoms with Gasteiger partial charge in [0.2, 0.25) is 0 Å². The van der Waals surface area contributed by atoms with Crippen LogP contribution in [-0.2, 0) is 11.2 Å². The first-order valence-electron chi connectivity index (χ1n) is 11.7. The fourth-order valence-corrected chi connectivity index (χ4v) is 4.83. The molecule has 0 spiro atoms. The molecule has 0 bridgehead atoms. The molecule has 33 heavy (non-hydrogen) atoms. The molecule has 1 atom stereocenters. The van der Waals surface area contributed by atoms with E-state index in [1.807, 2.05) is 23.2 Å². The van der Waals surface area contributed by atoms with Gasteiger partial charge in [-0.15, -0.1) is 0 Å². The number of piperazine rings is 1. The Balaban J connectivity index is 1.62. The Labute approximate surface area is 201 Å². The Bertz CT molecular complexity index is 998. The lowest BCUT2D eigenvalue weighted by molar-refractivity contribution is -0.115. The van der Waals surface area contributed by atoms with Crippen LogP contribution < -0.4 is 5.32 Å². The number of benzene rings is 1. The van der Waals surface area contributed by atoms with E-state index in [-0.39, 0.29) is 21.8 Å². The Morgan fingerprint density at radius 3 is 2.64 bits per heavy atom. The maximum absolute atomic E-state index is 12.9. The Kier molecular flexibility index (Phi) is 8.23. The maximum Gasteiger partial charge on any atom is 0.276 e. The molecule has 0 aliphatic carbocycles. The largest absolute Gasteiger partial charge is 0.361 e. The highest BCUT2D eigenvalue weighted by molar-refractivity contribution is 8.27. The van der Waals surface area contributed by atoms with Crippen molar-refractivity contribution >= 4 is 38.8 Å². The van der Waals surface area contributed by atoms with Crippen molar-refractivity contribution in [2.24, 2.45) is 5.92 Å². The van der Waals surface area contributed by atoms with Crippen LogP contribution in [0, 0.1) is 16.7 Å². The average Bonchev–Trinajstić information content (AvgIpc) is 3.16. The number of thioether (sulfide) groups is 1. The van der Waals surface area contributed by atoms with Crippen molar-refractivity contribution in [3.05, 3.63) is 36.0 Å². The number of nitrogens with one attached hydrogen (secondary N) is 4. The van der Waals surface area contributed by atoms with E-state index in [2.05, 4.69) is 62.1 Å². The van der Waals surface area contributed by atoms with Gasteiger partial charge in [0.15, 0.2) is 10.2 Å². The zero-order chi connectivity index (χ0) is 24.2. The van der Waals surface area contributed by atoms with E-state index >= 15 is 0 Å². The number of hydrogen-bond acceptors (Lipinski definition) is 5. The highest BCUT2D eigenvalue weighted by atomic mass is 32.2. The van der Waals surface area contributed by atoms with E-state index in [1.54, 1.807) is 0 Å². The lowest BCUT2D eigenvalue weighted by atomic mass is 9.97. The topological polar surface area (TPSA) is 99.1 Å². The van der Waals surface area contributed by atoms with Crippen molar-refractivity contribution in [2.75, 3.05) is 26.7 Å². The van der Waals surface area contributed by atoms with Gasteiger partial charge < -0.3 is 15.2 Å². The van der Waals surface area contributed by atoms with Gasteiger partial charge in [-0.05, 0) is 69.5 Å². The van der Waals surface area contributed by atoms with E-state index in [0.29, 0.717) is 18.9 Å². The first-order chi connectivity index (χ1) is 15.6. The smallest absolute Gasteiger partial charge is 0.276 e. The summed E-state index contributed by atoms with van der Waals surface area (Å²) in [6, 6.07) is 8.13. The van der Waals surface area contributed by atoms with E-state index in [4.69, 9.17) is 10.8 Å². The molecule has 0 saturated carbocycles. The molecule has 1 amide bonds. The van der Waals surface area contributed by atoms with Crippen molar-refractivity contribution in [1.82, 2.24) is 20.1 Å². The molecule has 3 rings (SSSR count). The molecule has 180 valence electrons. The molecule has 1 aliphatic rings. The minimum atomic E-state index is -0.397. The monoisotopic (exact) mass is 470 g/mol. The van der Waals surface area contributed by atoms with Gasteiger partial charge in [0.25, 0.3) is 5.91 Å². The van der Waals surface area contributed by atoms with Crippen LogP contribution in [0.1, 0.15) is 46.1 Å². The number of carbonyl (C=O) groups excluding carboxylic acids is 1. The maximum atomic E-state index is 12.9. The summed E-state index contributed by atoms with van der Waals surface area (Å²) >= 11 is 0.949. The van der Waals surface area contributed by atoms with Gasteiger partial charge in [-0.3, -0.25) is 20.5 Å². The van der Waals surface area contributed by atoms with Crippen LogP contribution in [0.2, 0.25) is 0 Å². The highest BCUT2D eigenvalue weighted by Crippen LogP contribution is 2.23. The van der Waals surface area contributed by atoms with Gasteiger partial charge in [-0.1, -0.05) is 32.0 Å². The number of nitrogens with zero attached hydrogens (tertiary/aromatic N) is 2. The second kappa shape index (κ2) is 10.7. The lowest BCUT2D eigenvalue weighted by Gasteiger charge is -2.45. The van der Waals surface area contributed by atoms with Crippen LogP contribution in [0.25, 0.3) is 10.9 Å². The zero-order valence-corrected chi connectivity index (χ0v) is 21.3. The summed E-state index contributed by atoms with van der Waals surface area (Å²) in [7, 11) is 2.09. The third kappa shape index (κ3) is 6.60. The summed E-state index contributed by atoms with van der Waals surface area (Å²) in [5, 5.41) is 21.2. The van der Waals surface area contributed by atoms with Crippen LogP contribution in [0.4, 0.5) is 0 Å². The molecule has 2 heterocycles. The number of H-pyrrole nitrogens is 1. The first-order valence-corrected chi connectivity index (χ1v) is 12.6. The number of aromatic amines is 1. The third-order valence-corrected chi connectivity index (χ3v) is 7.42. The van der Waals surface area contributed by atoms with E-state index in [1.165, 1.54) is 10.9 Å². The summed E-state index contributed by atoms with van der Waals surface area (Å²) in [6.45, 7) is 11.0. The molecule has 8 heteroatoms. The lowest BCUT2D eigenvalue weighted by Crippen LogP contribution is -2.58. The van der Waals surface area contributed by atoms with E-state index < -0.39 is 5.91 Å². The highest BCUT2D eigenvalue weighted by Gasteiger charge is 2.33. The van der Waals surface area contributed by atoms with Crippen molar-refractivity contribution in [1.29, 1.82) is 10.8 Å². The minimum absolute atomic E-state index is 0.0448. The van der Waals surface area contributed by atoms with Gasteiger partial charge in [0, 0.05) is 48.3 Å². The van der Waals surface area contributed by atoms with Crippen molar-refractivity contribution in [3.63, 3.8) is 0 Å². The third-order valence-electron chi connectivity index (χ3n) is 6.58. The number of hydrogen-bond donors (Lipinski definition) is 4. The van der Waals surface area contributed by atoms with Crippen molar-refractivity contribution in [2.45, 2.75) is 58.5 Å². The van der Waals surface area contributed by atoms with Gasteiger partial charge >= 0.3 is 0 Å². The fraction of sp³-hybridized carbons (Fsp3) is 0.560. The van der Waals surface area contributed by atoms with Crippen LogP contribution in [0.5, 0.6) is 0 Å². The Morgan fingerprint density at radius 2 is 1.94 bits per heavy atom. The molecular formula is C25H38N6OS. The second-order valence-corrected chi connectivity index (χ2v) is 11.1. The molecule has 1 saturated heterocycles. The molecule has 1 fully saturated rings. The van der Waals surface area contributed by atoms with Gasteiger partial charge in [-0.2, -0.15) is 0 Å². The summed E-state index contributed by atoms with van der Waals surface area (Å²) in [5.74, 6) is 0.140. The molecule has 7 nitrogen and oxygen atoms in total. The SMILES string of the molecule is CC(C)CCC(Cc1c[nH]c2ccccc12)NC(=O)C(=N)SC(=N)N1CCN(C)C(C)(C)C1. The second-order valence-electron chi connectivity index (χ2n) is 10.1. The zero-order valence-electron chi connectivity index (χ0n) is 20.5. The molecule has 0 radical (unpaired) electrons. The molecule has 1 aliphatic heterocycles. The number of rotatable bonds is 6. The number of fused-ring (bicyclic) bond motifs is 1. The molecular weight excluding hydrogens is 432 g/mol. The quantitative estimate of drug-likeness (QED) is 0.374. The van der Waals surface area contributed by atoms with Crippen LogP contribution in [0.3, 0.4) is 0 Å². The number of carbonyl (C=O) groups is 1. The van der Waals surface area contributed by atoms with Crippen LogP contribution in [-0.4, -0.2) is 69.2 Å². The average molecular weight is 471 g/mol. The normalized spacial score (nSPS) is 17.3. The summed E-state index contributed by atoms with van der Waals surface area (Å²) < 4.78 is 0. The van der Waals surface area contributed by atoms with E-state index in [0.717, 1.165) is 43.2 Å². The van der Waals surface area contributed by atoms with Gasteiger partial charge in [0.05, 0.1) is 0 Å². The molecule has 1 aromatic carbocycles. The van der Waals surface area contributed by atoms with Crippen LogP contribution >= 0.6 is 11.8 Å². The van der Waals surface area contributed by atoms with Crippen molar-refractivity contribution in [3.8, 4) is 0 Å². The fourth-order valence-electron chi connectivity index (χ4n) is 4.20. The summed E-state index contributed by atoms with van der Waals surface area (Å²) in [5.41, 5.74) is 2.22. The Morgan fingerprint density at radius 1 is 1.21 bits per heavy atom. The number of para-hydroxylation sites is 1. The number of amidine groups is 1. The minimum Gasteiger partial charge on any atom is -0.361 e. The number of likely N-dealkylation sites (N-methyl/N-ethyl adjacent to an activating group) is 1. The number of amides is 1.